The molecule has 0 spiro atoms. The van der Waals surface area contributed by atoms with Crippen molar-refractivity contribution in [2.24, 2.45) is 11.5 Å². The Kier molecular flexibility index (Phi) is 23.6. The van der Waals surface area contributed by atoms with Crippen LogP contribution in [0.25, 0.3) is 10.9 Å². The molecule has 0 saturated carbocycles. The molecule has 3 heterocycles. The number of rotatable bonds is 18. The summed E-state index contributed by atoms with van der Waals surface area (Å²) in [5.41, 5.74) is 13.1. The summed E-state index contributed by atoms with van der Waals surface area (Å²) in [5, 5.41) is 52.5. The molecule has 0 aliphatic carbocycles. The number of amides is 8. The van der Waals surface area contributed by atoms with Crippen LogP contribution in [0.1, 0.15) is 56.4 Å². The number of nitrogens with zero attached hydrogens (tertiary/aromatic N) is 1. The van der Waals surface area contributed by atoms with Crippen molar-refractivity contribution >= 4 is 97.6 Å². The largest absolute Gasteiger partial charge is 0.480 e. The lowest BCUT2D eigenvalue weighted by atomic mass is 10.0. The molecular weight excluding hydrogens is 1050 g/mol. The molecule has 1 fully saturated rings. The van der Waals surface area contributed by atoms with Crippen molar-refractivity contribution in [2.75, 3.05) is 24.6 Å². The predicted octanol–water partition coefficient (Wildman–Crippen LogP) is -2.16. The Hall–Kier alpha value is -8.34. The Bertz CT molecular complexity index is 2750. The fourth-order valence-electron chi connectivity index (χ4n) is 8.08. The molecule has 4 aromatic rings. The van der Waals surface area contributed by atoms with Gasteiger partial charge in [-0.2, -0.15) is 0 Å². The molecule has 0 radical (unpaired) electrons. The van der Waals surface area contributed by atoms with Gasteiger partial charge >= 0.3 is 5.97 Å². The summed E-state index contributed by atoms with van der Waals surface area (Å²) in [6.45, 7) is 2.81. The lowest BCUT2D eigenvalue weighted by Gasteiger charge is -2.27. The number of carbonyl (C=O) groups excluding carboxylic acids is 8. The summed E-state index contributed by atoms with van der Waals surface area (Å²) in [6.07, 6.45) is 4.43. The van der Waals surface area contributed by atoms with Crippen LogP contribution < -0.4 is 64.6 Å². The number of carboxylic acid groups (broad SMARTS) is 1. The van der Waals surface area contributed by atoms with E-state index < -0.39 is 102 Å². The number of aromatic amines is 2. The van der Waals surface area contributed by atoms with E-state index in [1.807, 2.05) is 6.07 Å². The molecule has 78 heavy (non-hydrogen) atoms. The third kappa shape index (κ3) is 19.7. The van der Waals surface area contributed by atoms with Crippen molar-refractivity contribution in [1.82, 2.24) is 68.1 Å². The number of aliphatic carboxylic acids is 1. The minimum absolute atomic E-state index is 0.0507. The van der Waals surface area contributed by atoms with E-state index >= 15 is 0 Å². The monoisotopic (exact) mass is 1120 g/mol. The molecule has 1 saturated heterocycles. The van der Waals surface area contributed by atoms with E-state index in [1.54, 1.807) is 54.7 Å². The van der Waals surface area contributed by atoms with Gasteiger partial charge < -0.3 is 79.7 Å². The summed E-state index contributed by atoms with van der Waals surface area (Å²) in [6, 6.07) is 4.60. The van der Waals surface area contributed by atoms with E-state index in [0.717, 1.165) is 27.1 Å². The van der Waals surface area contributed by atoms with Crippen LogP contribution in [0.5, 0.6) is 0 Å². The zero-order valence-electron chi connectivity index (χ0n) is 42.9. The highest BCUT2D eigenvalue weighted by molar-refractivity contribution is 8.76. The number of nitrogens with two attached hydrogens (primary N) is 2. The van der Waals surface area contributed by atoms with Gasteiger partial charge in [-0.1, -0.05) is 70.1 Å². The van der Waals surface area contributed by atoms with E-state index in [-0.39, 0.29) is 81.5 Å². The minimum atomic E-state index is -1.58. The molecule has 1 aliphatic rings. The van der Waals surface area contributed by atoms with Crippen LogP contribution in [0.3, 0.4) is 0 Å². The molecule has 2 aromatic heterocycles. The number of fused-ring (bicyclic) bond motifs is 1. The number of benzene rings is 2. The Morgan fingerprint density at radius 3 is 1.96 bits per heavy atom. The number of hydrogen-bond acceptors (Lipinski definition) is 14. The lowest BCUT2D eigenvalue weighted by molar-refractivity contribution is -0.141. The van der Waals surface area contributed by atoms with E-state index in [2.05, 4.69) is 68.1 Å². The number of nitrogens with one attached hydrogen (secondary N) is 14. The van der Waals surface area contributed by atoms with E-state index in [1.165, 1.54) is 26.4 Å². The quantitative estimate of drug-likeness (QED) is 0.0218. The van der Waals surface area contributed by atoms with Crippen LogP contribution in [0.2, 0.25) is 0 Å². The average Bonchev–Trinajstić information content (AvgIpc) is 4.10. The van der Waals surface area contributed by atoms with Crippen LogP contribution in [0.4, 0.5) is 0 Å². The van der Waals surface area contributed by atoms with Crippen molar-refractivity contribution in [2.45, 2.75) is 107 Å². The first kappa shape index (κ1) is 60.5. The molecule has 5 rings (SSSR count). The molecule has 19 N–H and O–H groups in total. The van der Waals surface area contributed by atoms with Crippen LogP contribution in [-0.4, -0.2) is 158 Å². The number of aromatic nitrogens is 3. The number of imidazole rings is 1. The highest BCUT2D eigenvalue weighted by Gasteiger charge is 2.35. The van der Waals surface area contributed by atoms with Gasteiger partial charge in [0.25, 0.3) is 0 Å². The second-order valence-electron chi connectivity index (χ2n) is 18.2. The van der Waals surface area contributed by atoms with Gasteiger partial charge in [0.15, 0.2) is 11.9 Å². The van der Waals surface area contributed by atoms with Crippen LogP contribution in [0, 0.1) is 10.8 Å². The van der Waals surface area contributed by atoms with Crippen LogP contribution in [0.15, 0.2) is 73.3 Å². The van der Waals surface area contributed by atoms with Crippen LogP contribution in [-0.2, 0) is 62.4 Å². The van der Waals surface area contributed by atoms with Gasteiger partial charge in [0.05, 0.1) is 12.0 Å². The average molecular weight is 1120 g/mol. The molecule has 29 heteroatoms. The van der Waals surface area contributed by atoms with Crippen LogP contribution >= 0.6 is 21.6 Å². The van der Waals surface area contributed by atoms with Crippen molar-refractivity contribution in [1.29, 1.82) is 10.8 Å². The summed E-state index contributed by atoms with van der Waals surface area (Å²) < 4.78 is 0. The standard InChI is InChI=1S/C49H67N17O10S2/c1-26-40(68)62-37(20-30-22-54-25-58-30)45(73)63-35(18-28-10-4-3-5-11-28)43(71)61-34(15-9-17-56-49(52)53)42(70)64-36(19-29-21-57-32-13-7-6-12-31(29)32)44(72)66-39(47(75)76)24-78-77-23-38(46(74)59-26)65-41(69)33(60-27(2)67)14-8-16-55-48(50)51/h3-7,10-13,21-22,25-26,33-39,57H,8-9,14-20,23-24H2,1-2H3,(H,54,58)(H,59,74)(H,60,67)(H,61,71)(H,62,68)(H,63,73)(H,64,70)(H,65,69)(H,66,72)(H,75,76)(H4,50,51,55)(H4,52,53,56)/t26-,33-,34+,35-,36+,37+,38+,39+/m1/s1. The number of guanidine groups is 2. The molecule has 1 aliphatic heterocycles. The third-order valence-electron chi connectivity index (χ3n) is 12.1. The van der Waals surface area contributed by atoms with Gasteiger partial charge in [-0.25, -0.2) is 9.78 Å². The Morgan fingerprint density at radius 1 is 0.718 bits per heavy atom. The Labute approximate surface area is 456 Å². The summed E-state index contributed by atoms with van der Waals surface area (Å²) in [5.74, 6) is -9.16. The van der Waals surface area contributed by atoms with Crippen molar-refractivity contribution < 1.29 is 48.3 Å². The Morgan fingerprint density at radius 2 is 1.31 bits per heavy atom. The summed E-state index contributed by atoms with van der Waals surface area (Å²) in [4.78, 5) is 135. The maximum absolute atomic E-state index is 14.6. The first-order valence-electron chi connectivity index (χ1n) is 24.9. The predicted molar refractivity (Wildman–Crippen MR) is 292 cm³/mol. The van der Waals surface area contributed by atoms with Gasteiger partial charge in [0.2, 0.25) is 47.3 Å². The van der Waals surface area contributed by atoms with E-state index in [4.69, 9.17) is 22.3 Å². The zero-order chi connectivity index (χ0) is 56.7. The maximum atomic E-state index is 14.6. The first-order valence-corrected chi connectivity index (χ1v) is 27.4. The summed E-state index contributed by atoms with van der Waals surface area (Å²) >= 11 is 0. The normalized spacial score (nSPS) is 21.7. The van der Waals surface area contributed by atoms with E-state index in [9.17, 15) is 48.3 Å². The lowest BCUT2D eigenvalue weighted by Crippen LogP contribution is -2.60. The highest BCUT2D eigenvalue weighted by Crippen LogP contribution is 2.24. The highest BCUT2D eigenvalue weighted by atomic mass is 33.1. The molecule has 27 nitrogen and oxygen atoms in total. The fraction of sp³-hybridized carbons (Fsp3) is 0.429. The number of para-hydroxylation sites is 1. The van der Waals surface area contributed by atoms with Crippen molar-refractivity contribution in [3.8, 4) is 0 Å². The smallest absolute Gasteiger partial charge is 0.327 e. The SMILES string of the molecule is CC(=O)N[C@H](CCCNC(=N)N)C(=O)N[C@H]1CSSC[C@@H](C(=O)O)NC(=O)[C@H](Cc2c[nH]c3ccccc23)NC(=O)[C@H](CCCNC(=N)N)NC(=O)[C@@H](Cc2ccccc2)NC(=O)[C@H](Cc2c[nH]cn2)NC(=O)[C@@H](C)NC1=O. The van der Waals surface area contributed by atoms with Gasteiger partial charge in [-0.15, -0.1) is 0 Å². The topological polar surface area (TPSA) is 438 Å². The van der Waals surface area contributed by atoms with Gasteiger partial charge in [-0.05, 0) is 49.8 Å². The zero-order valence-corrected chi connectivity index (χ0v) is 44.5. The molecule has 420 valence electrons. The first-order chi connectivity index (χ1) is 37.3. The molecule has 8 atom stereocenters. The molecule has 2 aromatic carbocycles. The summed E-state index contributed by atoms with van der Waals surface area (Å²) in [7, 11) is 1.87. The van der Waals surface area contributed by atoms with E-state index in [0.29, 0.717) is 22.2 Å². The third-order valence-corrected chi connectivity index (χ3v) is 14.5. The number of carbonyl (C=O) groups is 9. The minimum Gasteiger partial charge on any atom is -0.480 e. The maximum Gasteiger partial charge on any atom is 0.327 e. The van der Waals surface area contributed by atoms with Gasteiger partial charge in [0, 0.05) is 74.1 Å². The van der Waals surface area contributed by atoms with Crippen molar-refractivity contribution in [3.05, 3.63) is 90.1 Å². The Balaban J connectivity index is 1.54. The fourth-order valence-corrected chi connectivity index (χ4v) is 10.4. The molecule has 0 bridgehead atoms. The second-order valence-corrected chi connectivity index (χ2v) is 20.8. The molecule has 8 amide bonds. The molecular formula is C49H67N17O10S2. The van der Waals surface area contributed by atoms with Crippen molar-refractivity contribution in [3.63, 3.8) is 0 Å². The second kappa shape index (κ2) is 30.4. The number of carboxylic acids is 1. The van der Waals surface area contributed by atoms with Gasteiger partial charge in [0.1, 0.15) is 48.3 Å². The van der Waals surface area contributed by atoms with Gasteiger partial charge in [-0.3, -0.25) is 49.2 Å². The number of H-pyrrole nitrogens is 2. The number of hydrogen-bond donors (Lipinski definition) is 17. The molecule has 0 unspecified atom stereocenters.